The summed E-state index contributed by atoms with van der Waals surface area (Å²) in [6.07, 6.45) is 4.59. The average molecular weight is 228 g/mol. The fraction of sp³-hybridized carbons (Fsp3) is 0.727. The Bertz CT molecular complexity index is 355. The maximum absolute atomic E-state index is 6.15. The van der Waals surface area contributed by atoms with Crippen LogP contribution in [0.2, 0.25) is 5.15 Å². The minimum absolute atomic E-state index is 0.348. The van der Waals surface area contributed by atoms with Gasteiger partial charge in [0.2, 0.25) is 0 Å². The number of halogens is 1. The second-order valence-electron chi connectivity index (χ2n) is 4.52. The number of aryl methyl sites for hydroxylation is 2. The first-order valence-corrected chi connectivity index (χ1v) is 5.91. The zero-order valence-electron chi connectivity index (χ0n) is 9.33. The normalized spacial score (nSPS) is 18.1. The first kappa shape index (κ1) is 11.0. The summed E-state index contributed by atoms with van der Waals surface area (Å²) in [5.74, 6) is 0.765. The molecule has 0 amide bonds. The highest BCUT2D eigenvalue weighted by molar-refractivity contribution is 6.30. The van der Waals surface area contributed by atoms with Crippen molar-refractivity contribution in [2.75, 3.05) is 0 Å². The fourth-order valence-electron chi connectivity index (χ4n) is 2.03. The van der Waals surface area contributed by atoms with E-state index in [9.17, 15) is 0 Å². The minimum atomic E-state index is 0.348. The number of hydrogen-bond donors (Lipinski definition) is 1. The van der Waals surface area contributed by atoms with Crippen molar-refractivity contribution in [1.82, 2.24) is 9.78 Å². The van der Waals surface area contributed by atoms with E-state index in [0.717, 1.165) is 35.2 Å². The van der Waals surface area contributed by atoms with Crippen LogP contribution in [-0.2, 0) is 13.5 Å². The maximum atomic E-state index is 6.15. The van der Waals surface area contributed by atoms with Crippen LogP contribution in [0.5, 0.6) is 0 Å². The van der Waals surface area contributed by atoms with Gasteiger partial charge in [-0.15, -0.1) is 0 Å². The van der Waals surface area contributed by atoms with Gasteiger partial charge >= 0.3 is 0 Å². The lowest BCUT2D eigenvalue weighted by Crippen LogP contribution is -2.22. The Kier molecular flexibility index (Phi) is 3.03. The number of rotatable bonds is 4. The SMILES string of the molecule is Cc1nn(C)c(Cl)c1CCC(N)C1CC1. The topological polar surface area (TPSA) is 43.8 Å². The van der Waals surface area contributed by atoms with E-state index < -0.39 is 0 Å². The van der Waals surface area contributed by atoms with E-state index >= 15 is 0 Å². The second kappa shape index (κ2) is 4.14. The summed E-state index contributed by atoms with van der Waals surface area (Å²) in [5, 5.41) is 5.05. The predicted molar refractivity (Wildman–Crippen MR) is 62.0 cm³/mol. The van der Waals surface area contributed by atoms with Gasteiger partial charge in [0.1, 0.15) is 5.15 Å². The number of nitrogens with two attached hydrogens (primary N) is 1. The van der Waals surface area contributed by atoms with Gasteiger partial charge in [0.25, 0.3) is 0 Å². The van der Waals surface area contributed by atoms with Gasteiger partial charge in [-0.1, -0.05) is 11.6 Å². The van der Waals surface area contributed by atoms with Crippen molar-refractivity contribution >= 4 is 11.6 Å². The Labute approximate surface area is 95.6 Å². The summed E-state index contributed by atoms with van der Waals surface area (Å²) in [6, 6.07) is 0.348. The van der Waals surface area contributed by atoms with Gasteiger partial charge in [-0.2, -0.15) is 5.10 Å². The van der Waals surface area contributed by atoms with Gasteiger partial charge in [0.15, 0.2) is 0 Å². The summed E-state index contributed by atoms with van der Waals surface area (Å²) in [4.78, 5) is 0. The highest BCUT2D eigenvalue weighted by Gasteiger charge is 2.28. The summed E-state index contributed by atoms with van der Waals surface area (Å²) in [5.41, 5.74) is 8.26. The Hall–Kier alpha value is -0.540. The van der Waals surface area contributed by atoms with Crippen LogP contribution in [0, 0.1) is 12.8 Å². The fourth-order valence-corrected chi connectivity index (χ4v) is 2.30. The molecule has 84 valence electrons. The van der Waals surface area contributed by atoms with Crippen LogP contribution in [0.1, 0.15) is 30.5 Å². The Morgan fingerprint density at radius 2 is 2.27 bits per heavy atom. The van der Waals surface area contributed by atoms with Crippen LogP contribution < -0.4 is 5.73 Å². The molecular formula is C11H18ClN3. The third-order valence-corrected chi connectivity index (χ3v) is 3.70. The van der Waals surface area contributed by atoms with Gasteiger partial charge in [-0.3, -0.25) is 4.68 Å². The van der Waals surface area contributed by atoms with E-state index in [1.54, 1.807) is 4.68 Å². The lowest BCUT2D eigenvalue weighted by atomic mass is 10.0. The lowest BCUT2D eigenvalue weighted by Gasteiger charge is -2.09. The summed E-state index contributed by atoms with van der Waals surface area (Å²) < 4.78 is 1.73. The number of hydrogen-bond acceptors (Lipinski definition) is 2. The highest BCUT2D eigenvalue weighted by atomic mass is 35.5. The molecule has 1 aliphatic rings. The van der Waals surface area contributed by atoms with E-state index in [0.29, 0.717) is 6.04 Å². The first-order chi connectivity index (χ1) is 7.09. The molecule has 1 saturated carbocycles. The summed E-state index contributed by atoms with van der Waals surface area (Å²) >= 11 is 6.15. The van der Waals surface area contributed by atoms with Crippen LogP contribution in [0.4, 0.5) is 0 Å². The van der Waals surface area contributed by atoms with Crippen molar-refractivity contribution in [3.63, 3.8) is 0 Å². The van der Waals surface area contributed by atoms with Crippen molar-refractivity contribution in [2.45, 2.75) is 38.6 Å². The van der Waals surface area contributed by atoms with Gasteiger partial charge in [0.05, 0.1) is 5.69 Å². The molecule has 0 spiro atoms. The third-order valence-electron chi connectivity index (χ3n) is 3.23. The molecule has 1 heterocycles. The highest BCUT2D eigenvalue weighted by Crippen LogP contribution is 2.33. The van der Waals surface area contributed by atoms with Gasteiger partial charge in [-0.05, 0) is 38.5 Å². The van der Waals surface area contributed by atoms with Gasteiger partial charge in [-0.25, -0.2) is 0 Å². The molecule has 15 heavy (non-hydrogen) atoms. The summed E-state index contributed by atoms with van der Waals surface area (Å²) in [6.45, 7) is 2.00. The lowest BCUT2D eigenvalue weighted by molar-refractivity contribution is 0.549. The molecule has 1 aliphatic carbocycles. The van der Waals surface area contributed by atoms with Crippen molar-refractivity contribution in [1.29, 1.82) is 0 Å². The molecule has 1 unspecified atom stereocenters. The average Bonchev–Trinajstić information content (AvgIpc) is 2.96. The molecule has 0 aliphatic heterocycles. The standard InChI is InChI=1S/C11H18ClN3/c1-7-9(11(12)15(2)14-7)5-6-10(13)8-3-4-8/h8,10H,3-6,13H2,1-2H3. The van der Waals surface area contributed by atoms with E-state index in [2.05, 4.69) is 5.10 Å². The first-order valence-electron chi connectivity index (χ1n) is 5.53. The quantitative estimate of drug-likeness (QED) is 0.856. The second-order valence-corrected chi connectivity index (χ2v) is 4.88. The van der Waals surface area contributed by atoms with Crippen molar-refractivity contribution in [3.05, 3.63) is 16.4 Å². The molecule has 1 aromatic rings. The van der Waals surface area contributed by atoms with Gasteiger partial charge < -0.3 is 5.73 Å². The monoisotopic (exact) mass is 227 g/mol. The van der Waals surface area contributed by atoms with Crippen LogP contribution in [-0.4, -0.2) is 15.8 Å². The molecule has 3 nitrogen and oxygen atoms in total. The molecule has 2 N–H and O–H groups in total. The minimum Gasteiger partial charge on any atom is -0.327 e. The maximum Gasteiger partial charge on any atom is 0.130 e. The number of nitrogens with zero attached hydrogens (tertiary/aromatic N) is 2. The van der Waals surface area contributed by atoms with Crippen LogP contribution in [0.3, 0.4) is 0 Å². The van der Waals surface area contributed by atoms with E-state index in [-0.39, 0.29) is 0 Å². The Balaban J connectivity index is 1.97. The molecule has 1 fully saturated rings. The number of aromatic nitrogens is 2. The van der Waals surface area contributed by atoms with Crippen molar-refractivity contribution in [3.8, 4) is 0 Å². The molecule has 1 atom stereocenters. The molecule has 1 aromatic heterocycles. The van der Waals surface area contributed by atoms with Crippen molar-refractivity contribution < 1.29 is 0 Å². The van der Waals surface area contributed by atoms with Crippen molar-refractivity contribution in [2.24, 2.45) is 18.7 Å². The Morgan fingerprint density at radius 1 is 1.60 bits per heavy atom. The molecule has 4 heteroatoms. The third kappa shape index (κ3) is 2.34. The van der Waals surface area contributed by atoms with E-state index in [4.69, 9.17) is 17.3 Å². The van der Waals surface area contributed by atoms with E-state index in [1.165, 1.54) is 12.8 Å². The largest absolute Gasteiger partial charge is 0.327 e. The zero-order chi connectivity index (χ0) is 11.0. The van der Waals surface area contributed by atoms with Crippen LogP contribution >= 0.6 is 11.6 Å². The molecule has 0 radical (unpaired) electrons. The van der Waals surface area contributed by atoms with Crippen LogP contribution in [0.15, 0.2) is 0 Å². The molecule has 0 bridgehead atoms. The smallest absolute Gasteiger partial charge is 0.130 e. The zero-order valence-corrected chi connectivity index (χ0v) is 10.1. The van der Waals surface area contributed by atoms with Gasteiger partial charge in [0, 0.05) is 18.7 Å². The Morgan fingerprint density at radius 3 is 2.73 bits per heavy atom. The molecule has 2 rings (SSSR count). The van der Waals surface area contributed by atoms with E-state index in [1.807, 2.05) is 14.0 Å². The predicted octanol–water partition coefficient (Wildman–Crippen LogP) is 2.05. The molecule has 0 aromatic carbocycles. The van der Waals surface area contributed by atoms with Crippen LogP contribution in [0.25, 0.3) is 0 Å². The summed E-state index contributed by atoms with van der Waals surface area (Å²) in [7, 11) is 1.87. The molecular weight excluding hydrogens is 210 g/mol. The molecule has 0 saturated heterocycles.